The van der Waals surface area contributed by atoms with Gasteiger partial charge in [-0.05, 0) is 67.5 Å². The molecule has 8 heteroatoms. The standard InChI is InChI=1S/C28H32N4O4/c1-32(2)25-15-20(21-6-3-4-7-23(21)29-25)14-18-8-10-19(11-9-18)26(33)30-24-17-28(12-5-13-36-28)16-22(24)27(34)31-35/h3-4,6-11,15,22,24,35H,5,12-14,16-17H2,1-2H3,(H,30,33)(H,31,34)/t22-,24+,28+/m0/s1. The molecule has 3 N–H and O–H groups in total. The van der Waals surface area contributed by atoms with Gasteiger partial charge in [0.1, 0.15) is 5.82 Å². The topological polar surface area (TPSA) is 104 Å². The minimum absolute atomic E-state index is 0.235. The highest BCUT2D eigenvalue weighted by molar-refractivity contribution is 5.95. The van der Waals surface area contributed by atoms with Gasteiger partial charge in [-0.15, -0.1) is 0 Å². The van der Waals surface area contributed by atoms with Crippen LogP contribution in [0.3, 0.4) is 0 Å². The molecule has 2 amide bonds. The summed E-state index contributed by atoms with van der Waals surface area (Å²) in [5.74, 6) is -0.338. The lowest BCUT2D eigenvalue weighted by Crippen LogP contribution is -2.43. The number of rotatable bonds is 6. The van der Waals surface area contributed by atoms with Crippen LogP contribution >= 0.6 is 0 Å². The van der Waals surface area contributed by atoms with Crippen molar-refractivity contribution in [3.8, 4) is 0 Å². The number of hydroxylamine groups is 1. The lowest BCUT2D eigenvalue weighted by Gasteiger charge is -2.22. The van der Waals surface area contributed by atoms with Gasteiger partial charge in [0.15, 0.2) is 0 Å². The Kier molecular flexibility index (Phi) is 6.64. The maximum Gasteiger partial charge on any atom is 0.251 e. The highest BCUT2D eigenvalue weighted by Gasteiger charge is 2.51. The number of fused-ring (bicyclic) bond motifs is 1. The van der Waals surface area contributed by atoms with Crippen LogP contribution < -0.4 is 15.7 Å². The third-order valence-electron chi connectivity index (χ3n) is 7.48. The molecule has 2 heterocycles. The van der Waals surface area contributed by atoms with E-state index >= 15 is 0 Å². The fraction of sp³-hybridized carbons (Fsp3) is 0.393. The average molecular weight is 489 g/mol. The number of benzene rings is 2. The summed E-state index contributed by atoms with van der Waals surface area (Å²) in [5.41, 5.74) is 5.11. The number of nitrogens with zero attached hydrogens (tertiary/aromatic N) is 2. The molecule has 2 fully saturated rings. The second-order valence-corrected chi connectivity index (χ2v) is 10.1. The zero-order valence-corrected chi connectivity index (χ0v) is 20.7. The van der Waals surface area contributed by atoms with Crippen molar-refractivity contribution in [2.24, 2.45) is 5.92 Å². The Hall–Kier alpha value is -3.49. The number of ether oxygens (including phenoxy) is 1. The molecule has 1 spiro atoms. The maximum atomic E-state index is 13.1. The Bertz CT molecular complexity index is 1270. The lowest BCUT2D eigenvalue weighted by molar-refractivity contribution is -0.134. The van der Waals surface area contributed by atoms with Crippen LogP contribution in [0.2, 0.25) is 0 Å². The van der Waals surface area contributed by atoms with Crippen LogP contribution in [0.25, 0.3) is 10.9 Å². The Labute approximate surface area is 210 Å². The molecule has 2 aromatic carbocycles. The summed E-state index contributed by atoms with van der Waals surface area (Å²) >= 11 is 0. The molecule has 1 saturated carbocycles. The van der Waals surface area contributed by atoms with Crippen LogP contribution in [0.15, 0.2) is 54.6 Å². The van der Waals surface area contributed by atoms with Crippen molar-refractivity contribution in [2.45, 2.75) is 43.7 Å². The Morgan fingerprint density at radius 2 is 1.92 bits per heavy atom. The third kappa shape index (κ3) is 4.79. The van der Waals surface area contributed by atoms with Gasteiger partial charge in [-0.25, -0.2) is 10.5 Å². The minimum Gasteiger partial charge on any atom is -0.375 e. The molecule has 1 aromatic heterocycles. The number of pyridine rings is 1. The summed E-state index contributed by atoms with van der Waals surface area (Å²) in [6.45, 7) is 0.665. The predicted molar refractivity (Wildman–Crippen MR) is 137 cm³/mol. The van der Waals surface area contributed by atoms with Crippen molar-refractivity contribution in [1.29, 1.82) is 0 Å². The summed E-state index contributed by atoms with van der Waals surface area (Å²) in [7, 11) is 3.96. The van der Waals surface area contributed by atoms with E-state index in [0.717, 1.165) is 35.1 Å². The largest absolute Gasteiger partial charge is 0.375 e. The molecule has 8 nitrogen and oxygen atoms in total. The molecular weight excluding hydrogens is 456 g/mol. The first-order valence-corrected chi connectivity index (χ1v) is 12.4. The second kappa shape index (κ2) is 9.87. The van der Waals surface area contributed by atoms with Crippen LogP contribution in [0.4, 0.5) is 5.82 Å². The van der Waals surface area contributed by atoms with Crippen molar-refractivity contribution in [3.63, 3.8) is 0 Å². The van der Waals surface area contributed by atoms with Gasteiger partial charge in [0.05, 0.1) is 17.0 Å². The first kappa shape index (κ1) is 24.2. The number of aromatic nitrogens is 1. The van der Waals surface area contributed by atoms with E-state index in [-0.39, 0.29) is 5.91 Å². The number of carbonyl (C=O) groups is 2. The van der Waals surface area contributed by atoms with Crippen molar-refractivity contribution < 1.29 is 19.5 Å². The van der Waals surface area contributed by atoms with E-state index in [1.165, 1.54) is 5.56 Å². The Morgan fingerprint density at radius 1 is 1.14 bits per heavy atom. The molecule has 5 rings (SSSR count). The second-order valence-electron chi connectivity index (χ2n) is 10.1. The normalized spacial score (nSPS) is 23.2. The van der Waals surface area contributed by atoms with Gasteiger partial charge in [-0.3, -0.25) is 14.8 Å². The molecule has 3 aromatic rings. The smallest absolute Gasteiger partial charge is 0.251 e. The third-order valence-corrected chi connectivity index (χ3v) is 7.48. The number of hydrogen-bond donors (Lipinski definition) is 3. The van der Waals surface area contributed by atoms with Gasteiger partial charge in [-0.1, -0.05) is 30.3 Å². The number of anilines is 1. The maximum absolute atomic E-state index is 13.1. The van der Waals surface area contributed by atoms with Crippen LogP contribution in [0.5, 0.6) is 0 Å². The van der Waals surface area contributed by atoms with Gasteiger partial charge in [-0.2, -0.15) is 0 Å². The zero-order chi connectivity index (χ0) is 25.3. The van der Waals surface area contributed by atoms with Crippen molar-refractivity contribution in [2.75, 3.05) is 25.6 Å². The fourth-order valence-electron chi connectivity index (χ4n) is 5.61. The van der Waals surface area contributed by atoms with Gasteiger partial charge >= 0.3 is 0 Å². The number of para-hydroxylation sites is 1. The quantitative estimate of drug-likeness (QED) is 0.363. The first-order chi connectivity index (χ1) is 17.4. The van der Waals surface area contributed by atoms with E-state index in [0.29, 0.717) is 31.4 Å². The molecule has 0 radical (unpaired) electrons. The Balaban J connectivity index is 1.31. The number of amides is 2. The van der Waals surface area contributed by atoms with Crippen LogP contribution in [0.1, 0.15) is 47.2 Å². The Morgan fingerprint density at radius 3 is 2.61 bits per heavy atom. The highest BCUT2D eigenvalue weighted by Crippen LogP contribution is 2.44. The molecule has 0 bridgehead atoms. The predicted octanol–water partition coefficient (Wildman–Crippen LogP) is 3.45. The van der Waals surface area contributed by atoms with E-state index in [2.05, 4.69) is 17.4 Å². The first-order valence-electron chi connectivity index (χ1n) is 12.4. The van der Waals surface area contributed by atoms with E-state index < -0.39 is 23.5 Å². The van der Waals surface area contributed by atoms with Gasteiger partial charge < -0.3 is 15.0 Å². The van der Waals surface area contributed by atoms with Gasteiger partial charge in [0.25, 0.3) is 5.91 Å². The molecule has 1 saturated heterocycles. The SMILES string of the molecule is CN(C)c1cc(Cc2ccc(C(=O)N[C@@H]3C[C@@]4(CCCO4)C[C@@H]3C(=O)NO)cc2)c2ccccc2n1. The fourth-order valence-corrected chi connectivity index (χ4v) is 5.61. The van der Waals surface area contributed by atoms with Crippen molar-refractivity contribution in [3.05, 3.63) is 71.3 Å². The van der Waals surface area contributed by atoms with E-state index in [4.69, 9.17) is 9.72 Å². The molecule has 2 aliphatic rings. The van der Waals surface area contributed by atoms with E-state index in [9.17, 15) is 14.8 Å². The average Bonchev–Trinajstić information content (AvgIpc) is 3.49. The minimum atomic E-state index is -0.526. The van der Waals surface area contributed by atoms with E-state index in [1.54, 1.807) is 5.48 Å². The molecule has 0 unspecified atom stereocenters. The van der Waals surface area contributed by atoms with Crippen LogP contribution in [-0.4, -0.2) is 54.4 Å². The van der Waals surface area contributed by atoms with Crippen LogP contribution in [0, 0.1) is 5.92 Å². The summed E-state index contributed by atoms with van der Waals surface area (Å²) in [4.78, 5) is 32.1. The molecular formula is C28H32N4O4. The monoisotopic (exact) mass is 488 g/mol. The van der Waals surface area contributed by atoms with E-state index in [1.807, 2.05) is 61.5 Å². The van der Waals surface area contributed by atoms with Crippen LogP contribution in [-0.2, 0) is 16.0 Å². The molecule has 1 aliphatic carbocycles. The zero-order valence-electron chi connectivity index (χ0n) is 20.7. The molecule has 36 heavy (non-hydrogen) atoms. The lowest BCUT2D eigenvalue weighted by atomic mass is 9.96. The summed E-state index contributed by atoms with van der Waals surface area (Å²) in [5, 5.41) is 13.3. The number of nitrogens with one attached hydrogen (secondary N) is 2. The van der Waals surface area contributed by atoms with Crippen molar-refractivity contribution >= 4 is 28.5 Å². The van der Waals surface area contributed by atoms with Gasteiger partial charge in [0, 0.05) is 37.7 Å². The van der Waals surface area contributed by atoms with Gasteiger partial charge in [0.2, 0.25) is 5.91 Å². The molecule has 1 aliphatic heterocycles. The number of hydrogen-bond acceptors (Lipinski definition) is 6. The highest BCUT2D eigenvalue weighted by atomic mass is 16.5. The van der Waals surface area contributed by atoms with Crippen molar-refractivity contribution in [1.82, 2.24) is 15.8 Å². The molecule has 188 valence electrons. The number of carbonyl (C=O) groups excluding carboxylic acids is 2. The summed E-state index contributed by atoms with van der Waals surface area (Å²) in [6, 6.07) is 17.4. The molecule has 3 atom stereocenters. The summed E-state index contributed by atoms with van der Waals surface area (Å²) in [6.07, 6.45) is 3.59. The summed E-state index contributed by atoms with van der Waals surface area (Å²) < 4.78 is 5.95.